The second-order valence-corrected chi connectivity index (χ2v) is 11.3. The lowest BCUT2D eigenvalue weighted by Gasteiger charge is -2.23. The van der Waals surface area contributed by atoms with E-state index in [2.05, 4.69) is 122 Å². The zero-order valence-corrected chi connectivity index (χ0v) is 21.8. The Hall–Kier alpha value is -4.82. The molecule has 0 unspecified atom stereocenters. The molecule has 0 amide bonds. The van der Waals surface area contributed by atoms with Crippen molar-refractivity contribution in [1.29, 1.82) is 0 Å². The molecule has 0 atom stereocenters. The van der Waals surface area contributed by atoms with E-state index in [0.29, 0.717) is 0 Å². The summed E-state index contributed by atoms with van der Waals surface area (Å²) in [5.41, 5.74) is 10.9. The van der Waals surface area contributed by atoms with Gasteiger partial charge in [-0.05, 0) is 69.4 Å². The third kappa shape index (κ3) is 2.61. The molecule has 9 rings (SSSR count). The molecule has 0 spiro atoms. The van der Waals surface area contributed by atoms with Crippen LogP contribution in [0.4, 0.5) is 0 Å². The standard InChI is InChI=1S/C37H25NO/c1-37(2)29-18-19-31-35(34(29)27-17-15-22-9-3-4-10-24(22)36(27)37)26-12-5-7-13-30(26)38(31)23-16-20-33-28(21-23)25-11-6-8-14-32(25)39-33/h3-21H,1-2H3. The summed E-state index contributed by atoms with van der Waals surface area (Å²) < 4.78 is 8.58. The minimum atomic E-state index is -0.0858. The van der Waals surface area contributed by atoms with Crippen LogP contribution in [0.2, 0.25) is 0 Å². The molecular weight excluding hydrogens is 474 g/mol. The fourth-order valence-electron chi connectivity index (χ4n) is 7.28. The van der Waals surface area contributed by atoms with Gasteiger partial charge in [-0.25, -0.2) is 0 Å². The van der Waals surface area contributed by atoms with Crippen LogP contribution in [0.3, 0.4) is 0 Å². The Bertz CT molecular complexity index is 2310. The van der Waals surface area contributed by atoms with Crippen molar-refractivity contribution >= 4 is 54.5 Å². The van der Waals surface area contributed by atoms with Crippen molar-refractivity contribution in [3.05, 3.63) is 126 Å². The Kier molecular flexibility index (Phi) is 3.89. The Balaban J connectivity index is 1.42. The van der Waals surface area contributed by atoms with Gasteiger partial charge in [-0.15, -0.1) is 0 Å². The van der Waals surface area contributed by atoms with Crippen molar-refractivity contribution in [2.45, 2.75) is 19.3 Å². The first kappa shape index (κ1) is 21.2. The molecule has 2 heteroatoms. The summed E-state index contributed by atoms with van der Waals surface area (Å²) in [6.45, 7) is 4.76. The highest BCUT2D eigenvalue weighted by molar-refractivity contribution is 6.19. The number of aromatic nitrogens is 1. The van der Waals surface area contributed by atoms with E-state index in [9.17, 15) is 0 Å². The predicted molar refractivity (Wildman–Crippen MR) is 163 cm³/mol. The third-order valence-electron chi connectivity index (χ3n) is 8.95. The lowest BCUT2D eigenvalue weighted by Crippen LogP contribution is -2.15. The molecule has 0 saturated heterocycles. The van der Waals surface area contributed by atoms with Crippen LogP contribution >= 0.6 is 0 Å². The second kappa shape index (κ2) is 7.18. The van der Waals surface area contributed by atoms with Crippen molar-refractivity contribution in [3.63, 3.8) is 0 Å². The van der Waals surface area contributed by atoms with Crippen LogP contribution in [0.1, 0.15) is 25.0 Å². The van der Waals surface area contributed by atoms with Gasteiger partial charge in [0.2, 0.25) is 0 Å². The lowest BCUT2D eigenvalue weighted by molar-refractivity contribution is 0.666. The van der Waals surface area contributed by atoms with Gasteiger partial charge in [0.25, 0.3) is 0 Å². The van der Waals surface area contributed by atoms with Crippen LogP contribution < -0.4 is 0 Å². The zero-order chi connectivity index (χ0) is 25.9. The highest BCUT2D eigenvalue weighted by atomic mass is 16.3. The first-order chi connectivity index (χ1) is 19.1. The van der Waals surface area contributed by atoms with E-state index in [1.54, 1.807) is 0 Å². The largest absolute Gasteiger partial charge is 0.456 e. The van der Waals surface area contributed by atoms with E-state index in [0.717, 1.165) is 27.6 Å². The first-order valence-corrected chi connectivity index (χ1v) is 13.6. The van der Waals surface area contributed by atoms with E-state index in [1.807, 2.05) is 12.1 Å². The predicted octanol–water partition coefficient (Wildman–Crippen LogP) is 10.1. The summed E-state index contributed by atoms with van der Waals surface area (Å²) in [7, 11) is 0. The van der Waals surface area contributed by atoms with Gasteiger partial charge in [0, 0.05) is 32.6 Å². The average Bonchev–Trinajstić information content (AvgIpc) is 3.58. The number of hydrogen-bond donors (Lipinski definition) is 0. The zero-order valence-electron chi connectivity index (χ0n) is 21.8. The SMILES string of the molecule is CC1(C)c2ccc3c(c2-c2ccc4ccccc4c21)c1ccccc1n3-c1ccc2oc3ccccc3c2c1. The maximum Gasteiger partial charge on any atom is 0.135 e. The maximum absolute atomic E-state index is 6.15. The van der Waals surface area contributed by atoms with Gasteiger partial charge in [-0.2, -0.15) is 0 Å². The van der Waals surface area contributed by atoms with Crippen LogP contribution in [0.5, 0.6) is 0 Å². The second-order valence-electron chi connectivity index (χ2n) is 11.3. The van der Waals surface area contributed by atoms with Crippen LogP contribution in [-0.2, 0) is 5.41 Å². The molecule has 1 aliphatic rings. The third-order valence-corrected chi connectivity index (χ3v) is 8.95. The number of nitrogens with zero attached hydrogens (tertiary/aromatic N) is 1. The van der Waals surface area contributed by atoms with E-state index in [-0.39, 0.29) is 5.41 Å². The summed E-state index contributed by atoms with van der Waals surface area (Å²) in [4.78, 5) is 0. The van der Waals surface area contributed by atoms with Crippen molar-refractivity contribution < 1.29 is 4.42 Å². The van der Waals surface area contributed by atoms with Crippen LogP contribution in [0.15, 0.2) is 120 Å². The molecular formula is C37H25NO. The highest BCUT2D eigenvalue weighted by Gasteiger charge is 2.38. The number of fused-ring (bicyclic) bond motifs is 12. The summed E-state index contributed by atoms with van der Waals surface area (Å²) in [6, 6.07) is 41.9. The van der Waals surface area contributed by atoms with Gasteiger partial charge < -0.3 is 8.98 Å². The highest BCUT2D eigenvalue weighted by Crippen LogP contribution is 2.55. The molecule has 0 saturated carbocycles. The van der Waals surface area contributed by atoms with Gasteiger partial charge >= 0.3 is 0 Å². The van der Waals surface area contributed by atoms with Crippen molar-refractivity contribution in [3.8, 4) is 16.8 Å². The van der Waals surface area contributed by atoms with E-state index in [1.165, 1.54) is 54.8 Å². The summed E-state index contributed by atoms with van der Waals surface area (Å²) in [5, 5.41) is 7.58. The summed E-state index contributed by atoms with van der Waals surface area (Å²) in [5.74, 6) is 0. The molecule has 2 heterocycles. The number of furan rings is 1. The Labute approximate surface area is 225 Å². The molecule has 0 N–H and O–H groups in total. The van der Waals surface area contributed by atoms with Crippen LogP contribution in [0.25, 0.3) is 71.3 Å². The van der Waals surface area contributed by atoms with Gasteiger partial charge in [0.1, 0.15) is 11.2 Å². The Morgan fingerprint density at radius 3 is 2.23 bits per heavy atom. The van der Waals surface area contributed by atoms with Gasteiger partial charge in [0.05, 0.1) is 11.0 Å². The first-order valence-electron chi connectivity index (χ1n) is 13.6. The van der Waals surface area contributed by atoms with Gasteiger partial charge in [-0.1, -0.05) is 92.7 Å². The summed E-state index contributed by atoms with van der Waals surface area (Å²) in [6.07, 6.45) is 0. The Morgan fingerprint density at radius 1 is 0.590 bits per heavy atom. The molecule has 8 aromatic rings. The van der Waals surface area contributed by atoms with Crippen molar-refractivity contribution in [2.75, 3.05) is 0 Å². The topological polar surface area (TPSA) is 18.1 Å². The lowest BCUT2D eigenvalue weighted by atomic mass is 9.80. The van der Waals surface area contributed by atoms with Crippen LogP contribution in [0, 0.1) is 0 Å². The average molecular weight is 500 g/mol. The number of benzene rings is 6. The van der Waals surface area contributed by atoms with Gasteiger partial charge in [-0.3, -0.25) is 0 Å². The number of para-hydroxylation sites is 2. The fourth-order valence-corrected chi connectivity index (χ4v) is 7.28. The number of rotatable bonds is 1. The molecule has 2 aromatic heterocycles. The molecule has 0 fully saturated rings. The maximum atomic E-state index is 6.15. The Morgan fingerprint density at radius 2 is 1.33 bits per heavy atom. The smallest absolute Gasteiger partial charge is 0.135 e. The quantitative estimate of drug-likeness (QED) is 0.220. The molecule has 39 heavy (non-hydrogen) atoms. The monoisotopic (exact) mass is 499 g/mol. The minimum absolute atomic E-state index is 0.0858. The molecule has 0 radical (unpaired) electrons. The molecule has 0 bridgehead atoms. The molecule has 2 nitrogen and oxygen atoms in total. The minimum Gasteiger partial charge on any atom is -0.456 e. The van der Waals surface area contributed by atoms with E-state index in [4.69, 9.17) is 4.42 Å². The van der Waals surface area contributed by atoms with Crippen molar-refractivity contribution in [1.82, 2.24) is 4.57 Å². The van der Waals surface area contributed by atoms with Crippen LogP contribution in [-0.4, -0.2) is 4.57 Å². The van der Waals surface area contributed by atoms with E-state index < -0.39 is 0 Å². The van der Waals surface area contributed by atoms with Crippen molar-refractivity contribution in [2.24, 2.45) is 0 Å². The van der Waals surface area contributed by atoms with E-state index >= 15 is 0 Å². The molecule has 184 valence electrons. The normalized spacial score (nSPS) is 14.1. The fraction of sp³-hybridized carbons (Fsp3) is 0.0811. The number of hydrogen-bond acceptors (Lipinski definition) is 1. The molecule has 1 aliphatic carbocycles. The molecule has 6 aromatic carbocycles. The summed E-state index contributed by atoms with van der Waals surface area (Å²) >= 11 is 0. The van der Waals surface area contributed by atoms with Gasteiger partial charge in [0.15, 0.2) is 0 Å². The molecule has 0 aliphatic heterocycles.